The summed E-state index contributed by atoms with van der Waals surface area (Å²) in [6.45, 7) is 0. The lowest BCUT2D eigenvalue weighted by atomic mass is 10.1. The van der Waals surface area contributed by atoms with Gasteiger partial charge in [0.1, 0.15) is 11.4 Å². The molecule has 0 aliphatic carbocycles. The summed E-state index contributed by atoms with van der Waals surface area (Å²) in [5.74, 6) is 0. The number of nitrogens with one attached hydrogen (secondary N) is 1. The third-order valence-electron chi connectivity index (χ3n) is 2.38. The van der Waals surface area contributed by atoms with Crippen molar-refractivity contribution in [1.29, 1.82) is 5.41 Å². The van der Waals surface area contributed by atoms with Crippen molar-refractivity contribution >= 4 is 12.1 Å². The van der Waals surface area contributed by atoms with E-state index >= 15 is 0 Å². The molecule has 1 atom stereocenters. The fourth-order valence-electron chi connectivity index (χ4n) is 1.37. The Morgan fingerprint density at radius 2 is 1.90 bits per heavy atom. The summed E-state index contributed by atoms with van der Waals surface area (Å²) >= 11 is 0. The molecule has 0 spiro atoms. The van der Waals surface area contributed by atoms with Crippen LogP contribution in [0.5, 0.6) is 0 Å². The van der Waals surface area contributed by atoms with Gasteiger partial charge in [-0.2, -0.15) is 26.3 Å². The summed E-state index contributed by atoms with van der Waals surface area (Å²) in [4.78, 5) is 4.22. The Labute approximate surface area is 109 Å². The van der Waals surface area contributed by atoms with Gasteiger partial charge >= 0.3 is 12.4 Å². The van der Waals surface area contributed by atoms with Gasteiger partial charge in [-0.1, -0.05) is 0 Å². The average Bonchev–Trinajstić information content (AvgIpc) is 2.26. The quantitative estimate of drug-likeness (QED) is 0.606. The maximum absolute atomic E-state index is 12.5. The van der Waals surface area contributed by atoms with Crippen molar-refractivity contribution < 1.29 is 26.3 Å². The molecule has 112 valence electrons. The van der Waals surface area contributed by atoms with Gasteiger partial charge in [-0.15, -0.1) is 0 Å². The van der Waals surface area contributed by atoms with Crippen molar-refractivity contribution in [2.75, 3.05) is 7.05 Å². The summed E-state index contributed by atoms with van der Waals surface area (Å²) in [5.41, 5.74) is 1.81. The van der Waals surface area contributed by atoms with Gasteiger partial charge in [0.25, 0.3) is 0 Å². The van der Waals surface area contributed by atoms with Crippen molar-refractivity contribution in [2.24, 2.45) is 10.7 Å². The van der Waals surface area contributed by atoms with Gasteiger partial charge in [-0.05, 0) is 12.2 Å². The number of allylic oxidation sites excluding steroid dienone is 2. The minimum atomic E-state index is -4.91. The van der Waals surface area contributed by atoms with Crippen LogP contribution in [0.4, 0.5) is 26.3 Å². The number of hydrogen-bond donors (Lipinski definition) is 2. The molecule has 1 unspecified atom stereocenters. The van der Waals surface area contributed by atoms with Gasteiger partial charge in [-0.25, -0.2) is 4.99 Å². The number of halogens is 6. The summed E-state index contributed by atoms with van der Waals surface area (Å²) in [7, 11) is 1.30. The van der Waals surface area contributed by atoms with Crippen LogP contribution in [0.15, 0.2) is 28.5 Å². The molecule has 0 saturated heterocycles. The summed E-state index contributed by atoms with van der Waals surface area (Å²) in [6.07, 6.45) is -7.96. The highest BCUT2D eigenvalue weighted by Crippen LogP contribution is 2.29. The lowest BCUT2D eigenvalue weighted by Gasteiger charge is -2.28. The van der Waals surface area contributed by atoms with Gasteiger partial charge in [-0.3, -0.25) is 5.41 Å². The first kappa shape index (κ1) is 16.1. The van der Waals surface area contributed by atoms with Gasteiger partial charge in [0.15, 0.2) is 0 Å². The number of aliphatic imine (C=N–C) groups is 1. The molecule has 20 heavy (non-hydrogen) atoms. The highest BCUT2D eigenvalue weighted by molar-refractivity contribution is 5.97. The van der Waals surface area contributed by atoms with Crippen LogP contribution in [0.25, 0.3) is 0 Å². The first-order chi connectivity index (χ1) is 8.93. The largest absolute Gasteiger partial charge is 0.433 e. The molecule has 1 aliphatic rings. The van der Waals surface area contributed by atoms with Gasteiger partial charge in [0.2, 0.25) is 0 Å². The minimum Gasteiger partial charge on any atom is -0.400 e. The van der Waals surface area contributed by atoms with Gasteiger partial charge < -0.3 is 10.6 Å². The molecule has 10 heteroatoms. The molecular formula is C10H10F6N4. The molecule has 1 aliphatic heterocycles. The summed E-state index contributed by atoms with van der Waals surface area (Å²) in [5, 5.41) is 6.75. The number of alkyl halides is 6. The average molecular weight is 300 g/mol. The first-order valence-corrected chi connectivity index (χ1v) is 5.11. The Bertz CT molecular complexity index is 485. The third-order valence-corrected chi connectivity index (χ3v) is 2.38. The predicted molar refractivity (Wildman–Crippen MR) is 60.2 cm³/mol. The smallest absolute Gasteiger partial charge is 0.400 e. The van der Waals surface area contributed by atoms with E-state index in [0.717, 1.165) is 11.2 Å². The number of hydrogen-bond acceptors (Lipinski definition) is 4. The van der Waals surface area contributed by atoms with Crippen molar-refractivity contribution in [1.82, 2.24) is 4.90 Å². The number of rotatable bonds is 2. The molecule has 0 radical (unpaired) electrons. The van der Waals surface area contributed by atoms with E-state index in [1.165, 1.54) is 7.05 Å². The van der Waals surface area contributed by atoms with Crippen molar-refractivity contribution in [3.05, 3.63) is 23.5 Å². The highest BCUT2D eigenvalue weighted by Gasteiger charge is 2.37. The van der Waals surface area contributed by atoms with Gasteiger partial charge in [0.05, 0.1) is 12.4 Å². The van der Waals surface area contributed by atoms with E-state index < -0.39 is 35.5 Å². The topological polar surface area (TPSA) is 65.5 Å². The molecule has 0 saturated carbocycles. The molecular weight excluding hydrogens is 290 g/mol. The second kappa shape index (κ2) is 5.17. The van der Waals surface area contributed by atoms with Crippen LogP contribution in [0, 0.1) is 5.41 Å². The third kappa shape index (κ3) is 3.75. The van der Waals surface area contributed by atoms with E-state index in [4.69, 9.17) is 11.1 Å². The fourth-order valence-corrected chi connectivity index (χ4v) is 1.37. The van der Waals surface area contributed by atoms with E-state index in [0.29, 0.717) is 6.08 Å². The van der Waals surface area contributed by atoms with E-state index in [1.54, 1.807) is 0 Å². The van der Waals surface area contributed by atoms with E-state index in [-0.39, 0.29) is 6.08 Å². The van der Waals surface area contributed by atoms with Crippen molar-refractivity contribution in [3.63, 3.8) is 0 Å². The van der Waals surface area contributed by atoms with Crippen LogP contribution in [0.1, 0.15) is 0 Å². The molecule has 0 fully saturated rings. The molecule has 0 aromatic rings. The Morgan fingerprint density at radius 3 is 2.35 bits per heavy atom. The molecule has 0 amide bonds. The zero-order valence-corrected chi connectivity index (χ0v) is 10.0. The Balaban J connectivity index is 3.06. The van der Waals surface area contributed by atoms with Crippen LogP contribution in [-0.2, 0) is 0 Å². The van der Waals surface area contributed by atoms with Crippen molar-refractivity contribution in [3.8, 4) is 0 Å². The zero-order valence-electron chi connectivity index (χ0n) is 10.0. The normalized spacial score (nSPS) is 20.9. The Kier molecular flexibility index (Phi) is 4.15. The lowest BCUT2D eigenvalue weighted by molar-refractivity contribution is -0.0931. The number of likely N-dealkylation sites (N-methyl/N-ethyl adjacent to an activating group) is 1. The first-order valence-electron chi connectivity index (χ1n) is 5.11. The van der Waals surface area contributed by atoms with Crippen LogP contribution in [-0.4, -0.2) is 42.4 Å². The maximum Gasteiger partial charge on any atom is 0.433 e. The second-order valence-electron chi connectivity index (χ2n) is 3.96. The van der Waals surface area contributed by atoms with Crippen LogP contribution >= 0.6 is 0 Å². The molecule has 0 bridgehead atoms. The number of nitrogens with two attached hydrogens (primary N) is 1. The minimum absolute atomic E-state index is 0.283. The lowest BCUT2D eigenvalue weighted by Crippen LogP contribution is -2.38. The summed E-state index contributed by atoms with van der Waals surface area (Å²) in [6, 6.07) is -1.26. The molecule has 4 nitrogen and oxygen atoms in total. The van der Waals surface area contributed by atoms with E-state index in [9.17, 15) is 26.3 Å². The molecule has 3 N–H and O–H groups in total. The molecule has 0 aromatic carbocycles. The standard InChI is InChI=1S/C10H10F6N4/c1-20-4-19-8(10(14,15)16)3-6(20)5(17)2-7(18)9(11,12)13/h2-4,6,18H,17H2,1H3/b5-2-,18-7?. The monoisotopic (exact) mass is 300 g/mol. The molecule has 1 heterocycles. The van der Waals surface area contributed by atoms with Crippen molar-refractivity contribution in [2.45, 2.75) is 18.4 Å². The van der Waals surface area contributed by atoms with Crippen LogP contribution in [0.3, 0.4) is 0 Å². The SMILES string of the molecule is CN1C=NC(C(F)(F)F)=CC1/C(N)=C/C(=N)C(F)(F)F. The Hall–Kier alpha value is -2.00. The molecule has 0 aromatic heterocycles. The van der Waals surface area contributed by atoms with E-state index in [2.05, 4.69) is 4.99 Å². The van der Waals surface area contributed by atoms with E-state index in [1.807, 2.05) is 0 Å². The maximum atomic E-state index is 12.5. The fraction of sp³-hybridized carbons (Fsp3) is 0.400. The number of nitrogens with zero attached hydrogens (tertiary/aromatic N) is 2. The molecule has 1 rings (SSSR count). The van der Waals surface area contributed by atoms with Gasteiger partial charge in [0, 0.05) is 12.7 Å². The second-order valence-corrected chi connectivity index (χ2v) is 3.96. The summed E-state index contributed by atoms with van der Waals surface area (Å²) < 4.78 is 74.0. The predicted octanol–water partition coefficient (Wildman–Crippen LogP) is 2.20. The zero-order chi connectivity index (χ0) is 15.7. The Morgan fingerprint density at radius 1 is 1.35 bits per heavy atom. The van der Waals surface area contributed by atoms with Crippen LogP contribution in [0.2, 0.25) is 0 Å². The highest BCUT2D eigenvalue weighted by atomic mass is 19.4. The van der Waals surface area contributed by atoms with Crippen LogP contribution < -0.4 is 5.73 Å².